The first-order valence-electron chi connectivity index (χ1n) is 32.5. The van der Waals surface area contributed by atoms with Gasteiger partial charge in [-0.05, 0) is 125 Å². The van der Waals surface area contributed by atoms with E-state index in [1.54, 1.807) is 0 Å². The van der Waals surface area contributed by atoms with Crippen molar-refractivity contribution in [3.8, 4) is 0 Å². The van der Waals surface area contributed by atoms with Crippen LogP contribution < -0.4 is 0 Å². The molecule has 2 rings (SSSR count). The second-order valence-electron chi connectivity index (χ2n) is 22.5. The Hall–Kier alpha value is -3.55. The van der Waals surface area contributed by atoms with Crippen molar-refractivity contribution in [3.05, 3.63) is 34.9 Å². The Balaban J connectivity index is 1.97. The third-order valence-electron chi connectivity index (χ3n) is 14.9. The molecule has 0 saturated carbocycles. The fourth-order valence-electron chi connectivity index (χ4n) is 10.0. The lowest BCUT2D eigenvalue weighted by atomic mass is 10.0. The minimum Gasteiger partial charge on any atom is -0.466 e. The van der Waals surface area contributed by atoms with E-state index in [2.05, 4.69) is 32.6 Å². The molecule has 0 spiro atoms. The molecule has 13 nitrogen and oxygen atoms in total. The van der Waals surface area contributed by atoms with E-state index in [1.165, 1.54) is 109 Å². The second-order valence-corrected chi connectivity index (χ2v) is 22.5. The normalized spacial score (nSPS) is 13.0. The molecule has 1 saturated heterocycles. The van der Waals surface area contributed by atoms with Crippen LogP contribution in [0.1, 0.15) is 301 Å². The highest BCUT2D eigenvalue weighted by atomic mass is 16.7. The van der Waals surface area contributed by atoms with E-state index in [1.807, 2.05) is 18.2 Å². The van der Waals surface area contributed by atoms with Gasteiger partial charge in [-0.25, -0.2) is 0 Å². The van der Waals surface area contributed by atoms with Gasteiger partial charge in [-0.15, -0.1) is 0 Å². The number of unbranched alkanes of at least 4 members (excludes halogenated alkanes) is 24. The average Bonchev–Trinajstić information content (AvgIpc) is 3.98. The van der Waals surface area contributed by atoms with Crippen molar-refractivity contribution in [2.24, 2.45) is 0 Å². The van der Waals surface area contributed by atoms with Crippen LogP contribution in [0.15, 0.2) is 18.2 Å². The van der Waals surface area contributed by atoms with Gasteiger partial charge in [0.2, 0.25) is 0 Å². The molecule has 0 radical (unpaired) electrons. The standard InChI is InChI=1S/C66H115NO12/c1-5-9-13-17-20-21-22-27-33-48-73-61(68)38-29-23-24-30-39-62(69)76-54-57-51-58(55-77-63(70)42-41-60(37-28-16-12-8-4)79-65(72)40-36-47-67-45-31-32-46-67)53-59(52-57)56-78-64(71)43-44-66(74-49-34-25-18-14-10-6-2)75-50-35-26-19-15-11-7-3/h51-53,60,66H,5-50,54-56H2,1-4H3. The summed E-state index contributed by atoms with van der Waals surface area (Å²) in [5, 5.41) is 0. The lowest BCUT2D eigenvalue weighted by molar-refractivity contribution is -0.160. The first-order valence-corrected chi connectivity index (χ1v) is 32.5. The third-order valence-corrected chi connectivity index (χ3v) is 14.9. The maximum atomic E-state index is 13.3. The average molecular weight is 1110 g/mol. The molecule has 0 aromatic heterocycles. The molecule has 1 unspecified atom stereocenters. The van der Waals surface area contributed by atoms with Gasteiger partial charge in [0.1, 0.15) is 25.9 Å². The summed E-state index contributed by atoms with van der Waals surface area (Å²) in [4.78, 5) is 67.0. The fourth-order valence-corrected chi connectivity index (χ4v) is 10.0. The number of rotatable bonds is 55. The molecule has 0 amide bonds. The van der Waals surface area contributed by atoms with E-state index in [4.69, 9.17) is 33.2 Å². The third kappa shape index (κ3) is 42.9. The lowest BCUT2D eigenvalue weighted by Crippen LogP contribution is -2.23. The molecule has 1 aliphatic rings. The summed E-state index contributed by atoms with van der Waals surface area (Å²) < 4.78 is 41.0. The predicted molar refractivity (Wildman–Crippen MR) is 316 cm³/mol. The number of ether oxygens (including phenoxy) is 7. The molecule has 1 fully saturated rings. The summed E-state index contributed by atoms with van der Waals surface area (Å²) in [5.74, 6) is -1.45. The van der Waals surface area contributed by atoms with E-state index in [-0.39, 0.29) is 69.1 Å². The minimum absolute atomic E-state index is 0.00302. The Labute approximate surface area is 481 Å². The van der Waals surface area contributed by atoms with Gasteiger partial charge >= 0.3 is 29.8 Å². The Morgan fingerprint density at radius 2 is 0.747 bits per heavy atom. The van der Waals surface area contributed by atoms with Crippen molar-refractivity contribution in [2.75, 3.05) is 39.5 Å². The van der Waals surface area contributed by atoms with Gasteiger partial charge in [0.05, 0.1) is 13.0 Å². The van der Waals surface area contributed by atoms with Crippen LogP contribution in [-0.4, -0.2) is 86.6 Å². The monoisotopic (exact) mass is 1110 g/mol. The van der Waals surface area contributed by atoms with E-state index in [0.717, 1.165) is 110 Å². The molecule has 0 N–H and O–H groups in total. The van der Waals surface area contributed by atoms with Crippen LogP contribution >= 0.6 is 0 Å². The Morgan fingerprint density at radius 3 is 1.22 bits per heavy atom. The Kier molecular flexibility index (Phi) is 46.5. The number of carbonyl (C=O) groups excluding carboxylic acids is 5. The van der Waals surface area contributed by atoms with Crippen molar-refractivity contribution in [3.63, 3.8) is 0 Å². The Bertz CT molecular complexity index is 1650. The summed E-state index contributed by atoms with van der Waals surface area (Å²) in [7, 11) is 0. The van der Waals surface area contributed by atoms with Crippen molar-refractivity contribution < 1.29 is 57.1 Å². The molecule has 13 heteroatoms. The number of likely N-dealkylation sites (tertiary alicyclic amines) is 1. The highest BCUT2D eigenvalue weighted by Crippen LogP contribution is 2.20. The van der Waals surface area contributed by atoms with E-state index in [9.17, 15) is 24.0 Å². The van der Waals surface area contributed by atoms with Crippen molar-refractivity contribution >= 4 is 29.8 Å². The summed E-state index contributed by atoms with van der Waals surface area (Å²) in [5.41, 5.74) is 2.04. The topological polar surface area (TPSA) is 153 Å². The molecule has 456 valence electrons. The molecule has 79 heavy (non-hydrogen) atoms. The molecular formula is C66H115NO12. The van der Waals surface area contributed by atoms with Crippen LogP contribution in [0, 0.1) is 0 Å². The van der Waals surface area contributed by atoms with Gasteiger partial charge in [-0.1, -0.05) is 175 Å². The summed E-state index contributed by atoms with van der Waals surface area (Å²) in [6.45, 7) is 13.6. The van der Waals surface area contributed by atoms with Crippen molar-refractivity contribution in [1.29, 1.82) is 0 Å². The van der Waals surface area contributed by atoms with Crippen LogP contribution in [-0.2, 0) is 77.0 Å². The van der Waals surface area contributed by atoms with Gasteiger partial charge in [0.15, 0.2) is 6.29 Å². The molecule has 0 aliphatic carbocycles. The highest BCUT2D eigenvalue weighted by Gasteiger charge is 2.20. The smallest absolute Gasteiger partial charge is 0.306 e. The number of hydrogen-bond acceptors (Lipinski definition) is 13. The van der Waals surface area contributed by atoms with Gasteiger partial charge in [0.25, 0.3) is 0 Å². The zero-order valence-electron chi connectivity index (χ0n) is 50.9. The summed E-state index contributed by atoms with van der Waals surface area (Å²) in [6, 6.07) is 5.53. The van der Waals surface area contributed by atoms with Gasteiger partial charge in [0, 0.05) is 45.3 Å². The quantitative estimate of drug-likeness (QED) is 0.0263. The zero-order chi connectivity index (χ0) is 57.1. The molecular weight excluding hydrogens is 999 g/mol. The fraction of sp³-hybridized carbons (Fsp3) is 0.833. The van der Waals surface area contributed by atoms with Crippen LogP contribution in [0.4, 0.5) is 0 Å². The van der Waals surface area contributed by atoms with Crippen LogP contribution in [0.5, 0.6) is 0 Å². The van der Waals surface area contributed by atoms with Crippen LogP contribution in [0.3, 0.4) is 0 Å². The van der Waals surface area contributed by atoms with Gasteiger partial charge in [-0.2, -0.15) is 0 Å². The molecule has 1 atom stereocenters. The first-order chi connectivity index (χ1) is 38.6. The van der Waals surface area contributed by atoms with Gasteiger partial charge in [-0.3, -0.25) is 24.0 Å². The maximum absolute atomic E-state index is 13.3. The lowest BCUT2D eigenvalue weighted by Gasteiger charge is -2.19. The van der Waals surface area contributed by atoms with Crippen molar-refractivity contribution in [1.82, 2.24) is 4.90 Å². The molecule has 1 heterocycles. The minimum atomic E-state index is -0.478. The van der Waals surface area contributed by atoms with Crippen molar-refractivity contribution in [2.45, 2.75) is 317 Å². The zero-order valence-corrected chi connectivity index (χ0v) is 50.9. The number of nitrogens with zero attached hydrogens (tertiary/aromatic N) is 1. The first kappa shape index (κ1) is 71.6. The van der Waals surface area contributed by atoms with Crippen LogP contribution in [0.25, 0.3) is 0 Å². The molecule has 1 aromatic rings. The molecule has 1 aromatic carbocycles. The van der Waals surface area contributed by atoms with E-state index in [0.29, 0.717) is 75.0 Å². The van der Waals surface area contributed by atoms with Crippen LogP contribution in [0.2, 0.25) is 0 Å². The highest BCUT2D eigenvalue weighted by molar-refractivity contribution is 5.71. The van der Waals surface area contributed by atoms with E-state index < -0.39 is 12.3 Å². The summed E-state index contributed by atoms with van der Waals surface area (Å²) >= 11 is 0. The number of benzene rings is 1. The number of hydrogen-bond donors (Lipinski definition) is 0. The second kappa shape index (κ2) is 51.3. The number of carbonyl (C=O) groups is 5. The SMILES string of the molecule is CCCCCCCCCCCOC(=O)CCCCCCC(=O)OCc1cc(COC(=O)CCC(CCCCCC)OC(=O)CCCN2CCCC2)cc(COC(=O)CCC(OCCCCCCCC)OCCCCCCCC)c1. The maximum Gasteiger partial charge on any atom is 0.306 e. The molecule has 0 bridgehead atoms. The molecule has 1 aliphatic heterocycles. The Morgan fingerprint density at radius 1 is 0.380 bits per heavy atom. The number of esters is 5. The largest absolute Gasteiger partial charge is 0.466 e. The summed E-state index contributed by atoms with van der Waals surface area (Å²) in [6.07, 6.45) is 37.3. The predicted octanol–water partition coefficient (Wildman–Crippen LogP) is 16.6. The van der Waals surface area contributed by atoms with E-state index >= 15 is 0 Å². The van der Waals surface area contributed by atoms with Gasteiger partial charge < -0.3 is 38.1 Å².